The van der Waals surface area contributed by atoms with Gasteiger partial charge in [-0.15, -0.1) is 0 Å². The van der Waals surface area contributed by atoms with E-state index in [0.29, 0.717) is 12.3 Å². The summed E-state index contributed by atoms with van der Waals surface area (Å²) in [4.78, 5) is 11.2. The summed E-state index contributed by atoms with van der Waals surface area (Å²) in [6.07, 6.45) is 4.02. The first-order valence-corrected chi connectivity index (χ1v) is 6.13. The topological polar surface area (TPSA) is 37.3 Å². The van der Waals surface area contributed by atoms with Gasteiger partial charge in [0.1, 0.15) is 5.82 Å². The third-order valence-corrected chi connectivity index (χ3v) is 4.50. The molecule has 2 fully saturated rings. The molecule has 0 heterocycles. The second-order valence-corrected chi connectivity index (χ2v) is 5.27. The molecule has 0 radical (unpaired) electrons. The fourth-order valence-electron chi connectivity index (χ4n) is 3.29. The Hall–Kier alpha value is -1.38. The molecule has 3 rings (SSSR count). The molecule has 2 saturated carbocycles. The number of benzene rings is 1. The Balaban J connectivity index is 1.98. The molecular weight excluding hydrogens is 219 g/mol. The van der Waals surface area contributed by atoms with Gasteiger partial charge in [-0.1, -0.05) is 18.6 Å². The highest BCUT2D eigenvalue weighted by Crippen LogP contribution is 2.64. The van der Waals surface area contributed by atoms with E-state index >= 15 is 0 Å². The molecule has 17 heavy (non-hydrogen) atoms. The van der Waals surface area contributed by atoms with Crippen LogP contribution in [0.15, 0.2) is 24.3 Å². The molecule has 0 amide bonds. The van der Waals surface area contributed by atoms with Crippen LogP contribution in [0.5, 0.6) is 0 Å². The smallest absolute Gasteiger partial charge is 0.307 e. The van der Waals surface area contributed by atoms with Crippen molar-refractivity contribution in [1.82, 2.24) is 0 Å². The lowest BCUT2D eigenvalue weighted by Gasteiger charge is -2.35. The van der Waals surface area contributed by atoms with Gasteiger partial charge in [-0.05, 0) is 42.9 Å². The van der Waals surface area contributed by atoms with Crippen LogP contribution in [-0.2, 0) is 10.2 Å². The molecule has 2 aliphatic carbocycles. The van der Waals surface area contributed by atoms with Crippen molar-refractivity contribution in [2.75, 3.05) is 0 Å². The average molecular weight is 234 g/mol. The molecule has 1 aromatic carbocycles. The Labute approximate surface area is 99.5 Å². The Morgan fingerprint density at radius 1 is 1.41 bits per heavy atom. The number of aliphatic carboxylic acids is 1. The maximum absolute atomic E-state index is 13.3. The fraction of sp³-hybridized carbons (Fsp3) is 0.500. The lowest BCUT2D eigenvalue weighted by molar-refractivity contribution is -0.139. The lowest BCUT2D eigenvalue weighted by atomic mass is 9.69. The van der Waals surface area contributed by atoms with E-state index in [-0.39, 0.29) is 17.2 Å². The zero-order chi connectivity index (χ0) is 12.0. The van der Waals surface area contributed by atoms with Crippen LogP contribution in [0.2, 0.25) is 0 Å². The van der Waals surface area contributed by atoms with Crippen LogP contribution in [0, 0.1) is 17.7 Å². The third-order valence-electron chi connectivity index (χ3n) is 4.50. The molecular formula is C14H15FO2. The summed E-state index contributed by atoms with van der Waals surface area (Å²) in [5.41, 5.74) is 0.612. The van der Waals surface area contributed by atoms with E-state index in [2.05, 4.69) is 0 Å². The highest BCUT2D eigenvalue weighted by molar-refractivity contribution is 5.77. The van der Waals surface area contributed by atoms with Gasteiger partial charge < -0.3 is 5.11 Å². The molecule has 0 aliphatic heterocycles. The van der Waals surface area contributed by atoms with E-state index in [0.717, 1.165) is 18.4 Å². The second kappa shape index (κ2) is 3.56. The van der Waals surface area contributed by atoms with E-state index in [9.17, 15) is 14.3 Å². The molecule has 0 bridgehead atoms. The average Bonchev–Trinajstić information content (AvgIpc) is 2.92. The normalized spacial score (nSPS) is 31.9. The maximum Gasteiger partial charge on any atom is 0.307 e. The van der Waals surface area contributed by atoms with E-state index < -0.39 is 5.97 Å². The molecule has 90 valence electrons. The second-order valence-electron chi connectivity index (χ2n) is 5.27. The monoisotopic (exact) mass is 234 g/mol. The van der Waals surface area contributed by atoms with E-state index in [4.69, 9.17) is 0 Å². The number of hydrogen-bond donors (Lipinski definition) is 1. The number of halogens is 1. The maximum atomic E-state index is 13.3. The number of carbonyl (C=O) groups is 1. The van der Waals surface area contributed by atoms with Crippen molar-refractivity contribution in [3.8, 4) is 0 Å². The van der Waals surface area contributed by atoms with Gasteiger partial charge in [0.15, 0.2) is 0 Å². The van der Waals surface area contributed by atoms with Crippen LogP contribution >= 0.6 is 0 Å². The zero-order valence-corrected chi connectivity index (χ0v) is 9.53. The van der Waals surface area contributed by atoms with Crippen molar-refractivity contribution < 1.29 is 14.3 Å². The SMILES string of the molecule is O=C(O)[C@@H]1CC1(c1cccc(F)c1)C1CCC1. The Bertz CT molecular complexity index is 467. The van der Waals surface area contributed by atoms with Gasteiger partial charge in [0.05, 0.1) is 5.92 Å². The zero-order valence-electron chi connectivity index (χ0n) is 9.53. The minimum absolute atomic E-state index is 0.266. The lowest BCUT2D eigenvalue weighted by Crippen LogP contribution is -2.30. The van der Waals surface area contributed by atoms with Crippen LogP contribution in [0.25, 0.3) is 0 Å². The summed E-state index contributed by atoms with van der Waals surface area (Å²) in [6.45, 7) is 0. The predicted octanol–water partition coefficient (Wildman–Crippen LogP) is 2.97. The summed E-state index contributed by atoms with van der Waals surface area (Å²) in [5, 5.41) is 9.19. The molecule has 0 spiro atoms. The van der Waals surface area contributed by atoms with Crippen molar-refractivity contribution in [3.63, 3.8) is 0 Å². The molecule has 1 N–H and O–H groups in total. The van der Waals surface area contributed by atoms with Gasteiger partial charge in [0, 0.05) is 5.41 Å². The minimum Gasteiger partial charge on any atom is -0.481 e. The van der Waals surface area contributed by atoms with Crippen LogP contribution in [0.1, 0.15) is 31.2 Å². The molecule has 1 aromatic rings. The number of carboxylic acid groups (broad SMARTS) is 1. The summed E-state index contributed by atoms with van der Waals surface area (Å²) < 4.78 is 13.3. The van der Waals surface area contributed by atoms with E-state index in [1.165, 1.54) is 18.6 Å². The van der Waals surface area contributed by atoms with Crippen molar-refractivity contribution in [2.24, 2.45) is 11.8 Å². The number of carboxylic acids is 1. The minimum atomic E-state index is -0.735. The molecule has 3 heteroatoms. The third kappa shape index (κ3) is 1.48. The first kappa shape index (κ1) is 10.8. The van der Waals surface area contributed by atoms with Crippen LogP contribution < -0.4 is 0 Å². The largest absolute Gasteiger partial charge is 0.481 e. The molecule has 2 atom stereocenters. The first-order chi connectivity index (χ1) is 8.14. The Kier molecular flexibility index (Phi) is 2.25. The van der Waals surface area contributed by atoms with E-state index in [1.54, 1.807) is 6.07 Å². The summed E-state index contributed by atoms with van der Waals surface area (Å²) in [5.74, 6) is -0.876. The van der Waals surface area contributed by atoms with Gasteiger partial charge in [0.2, 0.25) is 0 Å². The number of hydrogen-bond acceptors (Lipinski definition) is 1. The summed E-state index contributed by atoms with van der Waals surface area (Å²) in [6, 6.07) is 6.49. The van der Waals surface area contributed by atoms with Gasteiger partial charge in [-0.3, -0.25) is 4.79 Å². The number of rotatable bonds is 3. The van der Waals surface area contributed by atoms with E-state index in [1.807, 2.05) is 6.07 Å². The van der Waals surface area contributed by atoms with Crippen LogP contribution in [0.4, 0.5) is 4.39 Å². The van der Waals surface area contributed by atoms with Crippen molar-refractivity contribution in [2.45, 2.75) is 31.1 Å². The first-order valence-electron chi connectivity index (χ1n) is 6.13. The van der Waals surface area contributed by atoms with Crippen LogP contribution in [-0.4, -0.2) is 11.1 Å². The molecule has 0 aromatic heterocycles. The van der Waals surface area contributed by atoms with Gasteiger partial charge in [0.25, 0.3) is 0 Å². The molecule has 2 aliphatic rings. The van der Waals surface area contributed by atoms with Crippen molar-refractivity contribution >= 4 is 5.97 Å². The molecule has 1 unspecified atom stereocenters. The standard InChI is InChI=1S/C14H15FO2/c15-11-6-2-5-10(7-11)14(9-3-1-4-9)8-12(14)13(16)17/h2,5-7,9,12H,1,3-4,8H2,(H,16,17)/t12-,14?/m0/s1. The highest BCUT2D eigenvalue weighted by Gasteiger charge is 2.64. The van der Waals surface area contributed by atoms with Gasteiger partial charge >= 0.3 is 5.97 Å². The molecule has 0 saturated heterocycles. The van der Waals surface area contributed by atoms with Gasteiger partial charge in [-0.2, -0.15) is 0 Å². The summed E-state index contributed by atoms with van der Waals surface area (Å²) >= 11 is 0. The quantitative estimate of drug-likeness (QED) is 0.873. The Morgan fingerprint density at radius 2 is 2.18 bits per heavy atom. The van der Waals surface area contributed by atoms with Gasteiger partial charge in [-0.25, -0.2) is 4.39 Å². The Morgan fingerprint density at radius 3 is 2.65 bits per heavy atom. The van der Waals surface area contributed by atoms with Crippen LogP contribution in [0.3, 0.4) is 0 Å². The predicted molar refractivity (Wildman–Crippen MR) is 61.2 cm³/mol. The van der Waals surface area contributed by atoms with Crippen molar-refractivity contribution in [3.05, 3.63) is 35.6 Å². The highest BCUT2D eigenvalue weighted by atomic mass is 19.1. The summed E-state index contributed by atoms with van der Waals surface area (Å²) in [7, 11) is 0. The van der Waals surface area contributed by atoms with Crippen molar-refractivity contribution in [1.29, 1.82) is 0 Å². The molecule has 2 nitrogen and oxygen atoms in total. The fourth-order valence-corrected chi connectivity index (χ4v) is 3.29.